The molecule has 0 amide bonds. The van der Waals surface area contributed by atoms with E-state index in [1.807, 2.05) is 20.8 Å². The molecule has 0 radical (unpaired) electrons. The Bertz CT molecular complexity index is 945. The second kappa shape index (κ2) is 6.68. The summed E-state index contributed by atoms with van der Waals surface area (Å²) in [7, 11) is 0. The molecule has 0 aromatic carbocycles. The first-order valence-corrected chi connectivity index (χ1v) is 9.15. The van der Waals surface area contributed by atoms with Crippen molar-refractivity contribution in [3.63, 3.8) is 0 Å². The van der Waals surface area contributed by atoms with Crippen LogP contribution in [0.25, 0.3) is 5.78 Å². The number of halogens is 1. The third-order valence-electron chi connectivity index (χ3n) is 4.69. The predicted octanol–water partition coefficient (Wildman–Crippen LogP) is 2.07. The zero-order valence-electron chi connectivity index (χ0n) is 15.1. The third kappa shape index (κ3) is 2.94. The topological polar surface area (TPSA) is 75.3 Å². The van der Waals surface area contributed by atoms with Crippen LogP contribution in [0, 0.1) is 13.8 Å². The number of rotatable bonds is 3. The lowest BCUT2D eigenvalue weighted by Crippen LogP contribution is -2.47. The van der Waals surface area contributed by atoms with E-state index in [2.05, 4.69) is 35.9 Å². The van der Waals surface area contributed by atoms with E-state index in [4.69, 9.17) is 16.6 Å². The Hall–Kier alpha value is -2.48. The summed E-state index contributed by atoms with van der Waals surface area (Å²) in [5.41, 5.74) is 1.88. The van der Waals surface area contributed by atoms with Crippen molar-refractivity contribution in [3.8, 4) is 0 Å². The number of hydrogen-bond donors (Lipinski definition) is 0. The average molecular weight is 373 g/mol. The van der Waals surface area contributed by atoms with Gasteiger partial charge < -0.3 is 9.80 Å². The second-order valence-electron chi connectivity index (χ2n) is 6.43. The Kier molecular flexibility index (Phi) is 4.36. The van der Waals surface area contributed by atoms with Gasteiger partial charge in [-0.2, -0.15) is 14.6 Å². The summed E-state index contributed by atoms with van der Waals surface area (Å²) in [5.74, 6) is 3.38. The normalized spacial score (nSPS) is 15.1. The highest BCUT2D eigenvalue weighted by Gasteiger charge is 2.23. The lowest BCUT2D eigenvalue weighted by molar-refractivity contribution is 0.629. The van der Waals surface area contributed by atoms with Gasteiger partial charge in [0.2, 0.25) is 0 Å². The predicted molar refractivity (Wildman–Crippen MR) is 101 cm³/mol. The number of hydrogen-bond acceptors (Lipinski definition) is 7. The number of anilines is 2. The van der Waals surface area contributed by atoms with E-state index in [0.717, 1.165) is 61.3 Å². The van der Waals surface area contributed by atoms with Crippen molar-refractivity contribution in [2.45, 2.75) is 27.2 Å². The van der Waals surface area contributed by atoms with E-state index in [-0.39, 0.29) is 0 Å². The summed E-state index contributed by atoms with van der Waals surface area (Å²) in [6.45, 7) is 9.44. The maximum Gasteiger partial charge on any atom is 0.254 e. The molecular formula is C17H21ClN8. The van der Waals surface area contributed by atoms with E-state index < -0.39 is 0 Å². The Labute approximate surface area is 156 Å². The number of nitrogens with zero attached hydrogens (tertiary/aromatic N) is 8. The zero-order valence-corrected chi connectivity index (χ0v) is 15.9. The van der Waals surface area contributed by atoms with Crippen LogP contribution in [-0.2, 0) is 6.42 Å². The summed E-state index contributed by atoms with van der Waals surface area (Å²) in [6.07, 6.45) is 2.31. The largest absolute Gasteiger partial charge is 0.353 e. The Morgan fingerprint density at radius 2 is 1.77 bits per heavy atom. The molecule has 1 saturated heterocycles. The van der Waals surface area contributed by atoms with Gasteiger partial charge in [0.1, 0.15) is 28.9 Å². The minimum Gasteiger partial charge on any atom is -0.353 e. The van der Waals surface area contributed by atoms with Gasteiger partial charge in [-0.15, -0.1) is 0 Å². The van der Waals surface area contributed by atoms with Gasteiger partial charge in [0.15, 0.2) is 0 Å². The van der Waals surface area contributed by atoms with Crippen molar-refractivity contribution in [2.75, 3.05) is 36.0 Å². The molecule has 0 unspecified atom stereocenters. The first-order valence-electron chi connectivity index (χ1n) is 8.77. The van der Waals surface area contributed by atoms with Crippen molar-refractivity contribution >= 4 is 29.0 Å². The summed E-state index contributed by atoms with van der Waals surface area (Å²) in [5, 5.41) is 4.86. The monoisotopic (exact) mass is 372 g/mol. The molecule has 4 rings (SSSR count). The maximum atomic E-state index is 6.30. The van der Waals surface area contributed by atoms with Crippen LogP contribution in [0.15, 0.2) is 12.4 Å². The van der Waals surface area contributed by atoms with Gasteiger partial charge in [0.25, 0.3) is 5.78 Å². The summed E-state index contributed by atoms with van der Waals surface area (Å²) < 4.78 is 1.80. The molecule has 0 N–H and O–H groups in total. The van der Waals surface area contributed by atoms with Crippen LogP contribution in [0.3, 0.4) is 0 Å². The molecule has 3 aromatic rings. The molecular weight excluding hydrogens is 352 g/mol. The molecule has 1 aliphatic rings. The molecule has 9 heteroatoms. The lowest BCUT2D eigenvalue weighted by Gasteiger charge is -2.37. The van der Waals surface area contributed by atoms with E-state index in [9.17, 15) is 0 Å². The fraction of sp³-hybridized carbons (Fsp3) is 0.471. The molecule has 3 aromatic heterocycles. The van der Waals surface area contributed by atoms with Gasteiger partial charge >= 0.3 is 0 Å². The molecule has 4 heterocycles. The molecule has 0 aliphatic carbocycles. The van der Waals surface area contributed by atoms with Crippen LogP contribution in [0.5, 0.6) is 0 Å². The molecule has 0 spiro atoms. The van der Waals surface area contributed by atoms with Gasteiger partial charge in [0.05, 0.1) is 0 Å². The van der Waals surface area contributed by atoms with Crippen molar-refractivity contribution in [3.05, 3.63) is 34.6 Å². The van der Waals surface area contributed by atoms with Crippen LogP contribution in [0.1, 0.15) is 24.0 Å². The molecule has 1 fully saturated rings. The van der Waals surface area contributed by atoms with Crippen molar-refractivity contribution in [2.24, 2.45) is 0 Å². The van der Waals surface area contributed by atoms with Crippen LogP contribution in [-0.4, -0.2) is 55.7 Å². The van der Waals surface area contributed by atoms with Gasteiger partial charge in [-0.3, -0.25) is 0 Å². The first kappa shape index (κ1) is 17.0. The SMILES string of the molecule is CCc1nc(Cl)c(C)c(N2CCN(c3cc(C)nc4ncnn34)CC2)n1. The summed E-state index contributed by atoms with van der Waals surface area (Å²) in [4.78, 5) is 22.3. The highest BCUT2D eigenvalue weighted by atomic mass is 35.5. The van der Waals surface area contributed by atoms with E-state index in [1.54, 1.807) is 10.8 Å². The molecule has 26 heavy (non-hydrogen) atoms. The molecule has 0 saturated carbocycles. The number of piperazine rings is 1. The lowest BCUT2D eigenvalue weighted by atomic mass is 10.2. The molecule has 0 atom stereocenters. The van der Waals surface area contributed by atoms with Crippen molar-refractivity contribution in [1.29, 1.82) is 0 Å². The van der Waals surface area contributed by atoms with Gasteiger partial charge in [-0.05, 0) is 13.8 Å². The maximum absolute atomic E-state index is 6.30. The summed E-state index contributed by atoms with van der Waals surface area (Å²) in [6, 6.07) is 2.05. The van der Waals surface area contributed by atoms with Crippen molar-refractivity contribution in [1.82, 2.24) is 29.5 Å². The second-order valence-corrected chi connectivity index (χ2v) is 6.79. The quantitative estimate of drug-likeness (QED) is 0.651. The Morgan fingerprint density at radius 3 is 2.50 bits per heavy atom. The smallest absolute Gasteiger partial charge is 0.254 e. The van der Waals surface area contributed by atoms with Crippen molar-refractivity contribution < 1.29 is 0 Å². The fourth-order valence-corrected chi connectivity index (χ4v) is 3.45. The molecule has 8 nitrogen and oxygen atoms in total. The minimum atomic E-state index is 0.545. The van der Waals surface area contributed by atoms with Crippen LogP contribution in [0.4, 0.5) is 11.6 Å². The van der Waals surface area contributed by atoms with E-state index in [0.29, 0.717) is 10.9 Å². The number of aromatic nitrogens is 6. The average Bonchev–Trinajstić information content (AvgIpc) is 3.11. The fourth-order valence-electron chi connectivity index (χ4n) is 3.27. The van der Waals surface area contributed by atoms with Crippen LogP contribution >= 0.6 is 11.6 Å². The highest BCUT2D eigenvalue weighted by molar-refractivity contribution is 6.30. The van der Waals surface area contributed by atoms with Gasteiger partial charge in [0, 0.05) is 49.9 Å². The Morgan fingerprint density at radius 1 is 1.04 bits per heavy atom. The zero-order chi connectivity index (χ0) is 18.3. The van der Waals surface area contributed by atoms with Gasteiger partial charge in [-0.1, -0.05) is 18.5 Å². The first-order chi connectivity index (χ1) is 12.6. The number of aryl methyl sites for hydroxylation is 2. The third-order valence-corrected chi connectivity index (χ3v) is 5.06. The molecule has 0 bridgehead atoms. The standard InChI is InChI=1S/C17H21ClN8/c1-4-13-22-15(18)12(3)16(23-13)25-7-5-24(6-8-25)14-9-11(2)21-17-19-10-20-26(14)17/h9-10H,4-8H2,1-3H3. The minimum absolute atomic E-state index is 0.545. The Balaban J connectivity index is 1.58. The van der Waals surface area contributed by atoms with E-state index >= 15 is 0 Å². The van der Waals surface area contributed by atoms with Crippen LogP contribution in [0.2, 0.25) is 5.15 Å². The van der Waals surface area contributed by atoms with Crippen LogP contribution < -0.4 is 9.80 Å². The van der Waals surface area contributed by atoms with E-state index in [1.165, 1.54) is 0 Å². The molecule has 1 aliphatic heterocycles. The van der Waals surface area contributed by atoms with Gasteiger partial charge in [-0.25, -0.2) is 15.0 Å². The number of fused-ring (bicyclic) bond motifs is 1. The highest BCUT2D eigenvalue weighted by Crippen LogP contribution is 2.26. The summed E-state index contributed by atoms with van der Waals surface area (Å²) >= 11 is 6.30. The molecule has 136 valence electrons.